The van der Waals surface area contributed by atoms with Crippen LogP contribution in [0.1, 0.15) is 31.3 Å². The van der Waals surface area contributed by atoms with Crippen molar-refractivity contribution in [2.75, 3.05) is 0 Å². The molecule has 1 aromatic heterocycles. The van der Waals surface area contributed by atoms with Gasteiger partial charge >= 0.3 is 0 Å². The summed E-state index contributed by atoms with van der Waals surface area (Å²) < 4.78 is 0. The zero-order valence-electron chi connectivity index (χ0n) is 9.41. The first-order valence-electron chi connectivity index (χ1n) is 5.30. The van der Waals surface area contributed by atoms with E-state index in [9.17, 15) is 0 Å². The van der Waals surface area contributed by atoms with Gasteiger partial charge in [0.05, 0.1) is 5.69 Å². The number of hydrogen-bond donors (Lipinski definition) is 1. The second-order valence-corrected chi connectivity index (χ2v) is 4.12. The van der Waals surface area contributed by atoms with E-state index in [1.807, 2.05) is 18.2 Å². The summed E-state index contributed by atoms with van der Waals surface area (Å²) in [4.78, 5) is 7.96. The zero-order chi connectivity index (χ0) is 10.8. The number of H-pyrrole nitrogens is 1. The molecule has 0 amide bonds. The summed E-state index contributed by atoms with van der Waals surface area (Å²) in [5, 5.41) is 0. The van der Waals surface area contributed by atoms with E-state index in [0.29, 0.717) is 5.92 Å². The third kappa shape index (κ3) is 1.94. The second-order valence-electron chi connectivity index (χ2n) is 4.12. The summed E-state index contributed by atoms with van der Waals surface area (Å²) >= 11 is 0. The van der Waals surface area contributed by atoms with Crippen LogP contribution in [0, 0.1) is 6.92 Å². The Morgan fingerprint density at radius 1 is 1.13 bits per heavy atom. The lowest BCUT2D eigenvalue weighted by Crippen LogP contribution is -1.89. The quantitative estimate of drug-likeness (QED) is 0.789. The van der Waals surface area contributed by atoms with E-state index >= 15 is 0 Å². The van der Waals surface area contributed by atoms with E-state index in [4.69, 9.17) is 0 Å². The van der Waals surface area contributed by atoms with Gasteiger partial charge in [0.15, 0.2) is 0 Å². The lowest BCUT2D eigenvalue weighted by atomic mass is 10.1. The molecule has 15 heavy (non-hydrogen) atoms. The first-order chi connectivity index (χ1) is 7.18. The normalized spacial score (nSPS) is 10.9. The van der Waals surface area contributed by atoms with Gasteiger partial charge in [0.2, 0.25) is 0 Å². The van der Waals surface area contributed by atoms with Crippen LogP contribution in [0.5, 0.6) is 0 Å². The zero-order valence-corrected chi connectivity index (χ0v) is 9.41. The number of aromatic amines is 1. The Bertz CT molecular complexity index is 441. The van der Waals surface area contributed by atoms with Crippen LogP contribution in [-0.4, -0.2) is 9.97 Å². The van der Waals surface area contributed by atoms with Gasteiger partial charge in [-0.05, 0) is 6.92 Å². The minimum Gasteiger partial charge on any atom is -0.345 e. The van der Waals surface area contributed by atoms with Crippen molar-refractivity contribution in [1.82, 2.24) is 9.97 Å². The van der Waals surface area contributed by atoms with Gasteiger partial charge in [-0.25, -0.2) is 4.98 Å². The molecule has 0 aliphatic rings. The van der Waals surface area contributed by atoms with Crippen LogP contribution in [0.4, 0.5) is 0 Å². The lowest BCUT2D eigenvalue weighted by molar-refractivity contribution is 0.792. The highest BCUT2D eigenvalue weighted by molar-refractivity contribution is 5.61. The Morgan fingerprint density at radius 2 is 1.80 bits per heavy atom. The van der Waals surface area contributed by atoms with Gasteiger partial charge in [0, 0.05) is 17.2 Å². The Kier molecular flexibility index (Phi) is 2.58. The summed E-state index contributed by atoms with van der Waals surface area (Å²) in [6.07, 6.45) is 0. The number of aromatic nitrogens is 2. The molecule has 78 valence electrons. The third-order valence-electron chi connectivity index (χ3n) is 2.50. The summed E-state index contributed by atoms with van der Waals surface area (Å²) in [5.74, 6) is 1.51. The molecule has 1 N–H and O–H groups in total. The van der Waals surface area contributed by atoms with E-state index in [0.717, 1.165) is 17.2 Å². The minimum absolute atomic E-state index is 0.446. The average Bonchev–Trinajstić information content (AvgIpc) is 2.62. The van der Waals surface area contributed by atoms with Crippen molar-refractivity contribution < 1.29 is 0 Å². The van der Waals surface area contributed by atoms with Gasteiger partial charge < -0.3 is 4.98 Å². The van der Waals surface area contributed by atoms with Crippen LogP contribution in [0.2, 0.25) is 0 Å². The van der Waals surface area contributed by atoms with E-state index in [2.05, 4.69) is 42.9 Å². The van der Waals surface area contributed by atoms with Crippen LogP contribution in [0.3, 0.4) is 0 Å². The van der Waals surface area contributed by atoms with Crippen molar-refractivity contribution >= 4 is 0 Å². The number of nitrogens with zero attached hydrogens (tertiary/aromatic N) is 1. The number of aryl methyl sites for hydroxylation is 1. The molecule has 0 aliphatic heterocycles. The van der Waals surface area contributed by atoms with Gasteiger partial charge in [-0.2, -0.15) is 0 Å². The van der Waals surface area contributed by atoms with Crippen molar-refractivity contribution in [3.05, 3.63) is 41.9 Å². The second kappa shape index (κ2) is 3.89. The molecule has 0 saturated carbocycles. The van der Waals surface area contributed by atoms with Crippen LogP contribution < -0.4 is 0 Å². The molecule has 1 aromatic carbocycles. The molecule has 0 spiro atoms. The number of hydrogen-bond acceptors (Lipinski definition) is 1. The Labute approximate surface area is 90.4 Å². The lowest BCUT2D eigenvalue weighted by Gasteiger charge is -1.97. The molecule has 0 unspecified atom stereocenters. The van der Waals surface area contributed by atoms with Gasteiger partial charge in [-0.1, -0.05) is 44.2 Å². The monoisotopic (exact) mass is 200 g/mol. The molecule has 1 heterocycles. The largest absolute Gasteiger partial charge is 0.345 e. The molecule has 2 rings (SSSR count). The van der Waals surface area contributed by atoms with Crippen LogP contribution in [0.15, 0.2) is 30.3 Å². The fourth-order valence-electron chi connectivity index (χ4n) is 1.63. The molecule has 0 aliphatic carbocycles. The standard InChI is InChI=1S/C13H16N2/c1-9(2)13-14-10(3)12(15-13)11-7-5-4-6-8-11/h4-9H,1-3H3,(H,14,15). The van der Waals surface area contributed by atoms with E-state index in [1.165, 1.54) is 5.56 Å². The van der Waals surface area contributed by atoms with E-state index in [1.54, 1.807) is 0 Å². The van der Waals surface area contributed by atoms with Gasteiger partial charge in [0.1, 0.15) is 5.82 Å². The van der Waals surface area contributed by atoms with Crippen molar-refractivity contribution in [1.29, 1.82) is 0 Å². The maximum Gasteiger partial charge on any atom is 0.109 e. The molecule has 2 heteroatoms. The first kappa shape index (κ1) is 9.97. The Morgan fingerprint density at radius 3 is 2.33 bits per heavy atom. The average molecular weight is 200 g/mol. The van der Waals surface area contributed by atoms with E-state index in [-0.39, 0.29) is 0 Å². The fraction of sp³-hybridized carbons (Fsp3) is 0.308. The van der Waals surface area contributed by atoms with Gasteiger partial charge in [-0.3, -0.25) is 0 Å². The topological polar surface area (TPSA) is 28.7 Å². The van der Waals surface area contributed by atoms with Crippen molar-refractivity contribution in [3.8, 4) is 11.3 Å². The van der Waals surface area contributed by atoms with Gasteiger partial charge in [-0.15, -0.1) is 0 Å². The smallest absolute Gasteiger partial charge is 0.109 e. The summed E-state index contributed by atoms with van der Waals surface area (Å²) in [6.45, 7) is 6.36. The van der Waals surface area contributed by atoms with Crippen molar-refractivity contribution in [2.24, 2.45) is 0 Å². The molecule has 0 saturated heterocycles. The Balaban J connectivity index is 2.45. The van der Waals surface area contributed by atoms with Crippen LogP contribution in [0.25, 0.3) is 11.3 Å². The third-order valence-corrected chi connectivity index (χ3v) is 2.50. The highest BCUT2D eigenvalue weighted by atomic mass is 14.9. The molecular weight excluding hydrogens is 184 g/mol. The molecule has 0 fully saturated rings. The Hall–Kier alpha value is -1.57. The maximum absolute atomic E-state index is 4.62. The molecule has 0 bridgehead atoms. The van der Waals surface area contributed by atoms with E-state index < -0.39 is 0 Å². The molecule has 2 aromatic rings. The maximum atomic E-state index is 4.62. The molecular formula is C13H16N2. The van der Waals surface area contributed by atoms with Crippen LogP contribution in [-0.2, 0) is 0 Å². The molecule has 2 nitrogen and oxygen atoms in total. The number of benzene rings is 1. The predicted octanol–water partition coefficient (Wildman–Crippen LogP) is 3.51. The fourth-order valence-corrected chi connectivity index (χ4v) is 1.63. The van der Waals surface area contributed by atoms with Crippen molar-refractivity contribution in [2.45, 2.75) is 26.7 Å². The van der Waals surface area contributed by atoms with Gasteiger partial charge in [0.25, 0.3) is 0 Å². The first-order valence-corrected chi connectivity index (χ1v) is 5.30. The number of rotatable bonds is 2. The number of imidazole rings is 1. The highest BCUT2D eigenvalue weighted by Crippen LogP contribution is 2.23. The van der Waals surface area contributed by atoms with Crippen LogP contribution >= 0.6 is 0 Å². The molecule has 0 radical (unpaired) electrons. The summed E-state index contributed by atoms with van der Waals surface area (Å²) in [6, 6.07) is 10.3. The molecule has 0 atom stereocenters. The summed E-state index contributed by atoms with van der Waals surface area (Å²) in [7, 11) is 0. The minimum atomic E-state index is 0.446. The SMILES string of the molecule is Cc1[nH]c(C(C)C)nc1-c1ccccc1. The predicted molar refractivity (Wildman–Crippen MR) is 62.8 cm³/mol. The number of nitrogens with one attached hydrogen (secondary N) is 1. The van der Waals surface area contributed by atoms with Crippen molar-refractivity contribution in [3.63, 3.8) is 0 Å². The summed E-state index contributed by atoms with van der Waals surface area (Å²) in [5.41, 5.74) is 3.39. The highest BCUT2D eigenvalue weighted by Gasteiger charge is 2.10.